The normalized spacial score (nSPS) is 12.1. The largest absolute Gasteiger partial charge is 0.310 e. The Morgan fingerprint density at radius 2 is 2.24 bits per heavy atom. The lowest BCUT2D eigenvalue weighted by atomic mass is 9.97. The third kappa shape index (κ3) is 4.20. The van der Waals surface area contributed by atoms with Gasteiger partial charge in [0, 0.05) is 12.5 Å². The summed E-state index contributed by atoms with van der Waals surface area (Å²) < 4.78 is 13.3. The first kappa shape index (κ1) is 13.7. The van der Waals surface area contributed by atoms with Crippen LogP contribution in [0.5, 0.6) is 0 Å². The van der Waals surface area contributed by atoms with E-state index in [1.807, 2.05) is 13.0 Å². The molecule has 0 amide bonds. The van der Waals surface area contributed by atoms with Crippen LogP contribution in [0.15, 0.2) is 18.2 Å². The Morgan fingerprint density at radius 3 is 2.88 bits per heavy atom. The van der Waals surface area contributed by atoms with Crippen molar-refractivity contribution in [2.24, 2.45) is 0 Å². The molecule has 0 spiro atoms. The maximum atomic E-state index is 13.3. The number of rotatable bonds is 6. The highest BCUT2D eigenvalue weighted by Crippen LogP contribution is 2.23. The molecule has 0 aliphatic carbocycles. The van der Waals surface area contributed by atoms with Crippen LogP contribution in [0.3, 0.4) is 0 Å². The highest BCUT2D eigenvalue weighted by atomic mass is 19.1. The quantitative estimate of drug-likeness (QED) is 0.740. The summed E-state index contributed by atoms with van der Waals surface area (Å²) in [7, 11) is 0. The monoisotopic (exact) mass is 233 g/mol. The summed E-state index contributed by atoms with van der Waals surface area (Å²) in [6.07, 6.45) is 7.91. The van der Waals surface area contributed by atoms with Crippen molar-refractivity contribution < 1.29 is 4.39 Å². The maximum absolute atomic E-state index is 13.3. The van der Waals surface area contributed by atoms with Gasteiger partial charge in [0.05, 0.1) is 0 Å². The first-order valence-electron chi connectivity index (χ1n) is 6.12. The molecule has 0 saturated heterocycles. The summed E-state index contributed by atoms with van der Waals surface area (Å²) in [5.74, 6) is 2.46. The van der Waals surface area contributed by atoms with E-state index < -0.39 is 0 Å². The van der Waals surface area contributed by atoms with Crippen LogP contribution in [-0.4, -0.2) is 6.54 Å². The summed E-state index contributed by atoms with van der Waals surface area (Å²) in [6, 6.07) is 5.08. The van der Waals surface area contributed by atoms with E-state index in [4.69, 9.17) is 6.42 Å². The van der Waals surface area contributed by atoms with Crippen molar-refractivity contribution in [3.8, 4) is 12.3 Å². The van der Waals surface area contributed by atoms with E-state index in [1.54, 1.807) is 6.07 Å². The molecule has 1 aromatic carbocycles. The van der Waals surface area contributed by atoms with Gasteiger partial charge in [0.1, 0.15) is 5.82 Å². The zero-order valence-corrected chi connectivity index (χ0v) is 10.6. The Morgan fingerprint density at radius 1 is 1.47 bits per heavy atom. The minimum absolute atomic E-state index is 0.154. The van der Waals surface area contributed by atoms with E-state index in [2.05, 4.69) is 18.2 Å². The fourth-order valence-electron chi connectivity index (χ4n) is 1.90. The van der Waals surface area contributed by atoms with Gasteiger partial charge in [-0.3, -0.25) is 0 Å². The molecule has 0 heterocycles. The molecule has 0 saturated carbocycles. The smallest absolute Gasteiger partial charge is 0.123 e. The SMILES string of the molecule is C#CCCC(NCCC)c1cc(F)ccc1C. The second kappa shape index (κ2) is 7.09. The number of halogens is 1. The molecule has 1 atom stereocenters. The predicted octanol–water partition coefficient (Wildman–Crippen LogP) is 3.59. The third-order valence-electron chi connectivity index (χ3n) is 2.83. The zero-order chi connectivity index (χ0) is 12.7. The summed E-state index contributed by atoms with van der Waals surface area (Å²) in [5, 5.41) is 3.43. The molecule has 0 fully saturated rings. The van der Waals surface area contributed by atoms with E-state index in [-0.39, 0.29) is 11.9 Å². The molecule has 1 nitrogen and oxygen atoms in total. The maximum Gasteiger partial charge on any atom is 0.123 e. The number of benzene rings is 1. The van der Waals surface area contributed by atoms with Crippen LogP contribution in [-0.2, 0) is 0 Å². The van der Waals surface area contributed by atoms with Gasteiger partial charge in [0.25, 0.3) is 0 Å². The van der Waals surface area contributed by atoms with Gasteiger partial charge in [-0.15, -0.1) is 12.3 Å². The molecule has 92 valence electrons. The van der Waals surface area contributed by atoms with Gasteiger partial charge >= 0.3 is 0 Å². The van der Waals surface area contributed by atoms with E-state index in [1.165, 1.54) is 6.07 Å². The Bertz CT molecular complexity index is 392. The van der Waals surface area contributed by atoms with E-state index in [9.17, 15) is 4.39 Å². The van der Waals surface area contributed by atoms with Crippen LogP contribution in [0.1, 0.15) is 43.4 Å². The molecule has 0 bridgehead atoms. The molecule has 1 unspecified atom stereocenters. The molecule has 1 N–H and O–H groups in total. The van der Waals surface area contributed by atoms with E-state index in [0.717, 1.165) is 30.5 Å². The molecule has 1 aromatic rings. The Balaban J connectivity index is 2.86. The number of terminal acetylenes is 1. The molecule has 0 aromatic heterocycles. The van der Waals surface area contributed by atoms with Gasteiger partial charge in [-0.25, -0.2) is 4.39 Å². The average Bonchev–Trinajstić information content (AvgIpc) is 2.33. The number of hydrogen-bond acceptors (Lipinski definition) is 1. The van der Waals surface area contributed by atoms with Gasteiger partial charge in [0.15, 0.2) is 0 Å². The van der Waals surface area contributed by atoms with Crippen LogP contribution in [0.25, 0.3) is 0 Å². The van der Waals surface area contributed by atoms with Crippen molar-refractivity contribution in [1.82, 2.24) is 5.32 Å². The predicted molar refractivity (Wildman–Crippen MR) is 70.2 cm³/mol. The van der Waals surface area contributed by atoms with Crippen molar-refractivity contribution in [2.75, 3.05) is 6.54 Å². The average molecular weight is 233 g/mol. The molecule has 0 radical (unpaired) electrons. The van der Waals surface area contributed by atoms with Crippen LogP contribution in [0, 0.1) is 25.1 Å². The highest BCUT2D eigenvalue weighted by Gasteiger charge is 2.13. The Kier molecular flexibility index (Phi) is 5.72. The molecular formula is C15H20FN. The summed E-state index contributed by atoms with van der Waals surface area (Å²) in [4.78, 5) is 0. The summed E-state index contributed by atoms with van der Waals surface area (Å²) in [5.41, 5.74) is 2.13. The molecule has 1 rings (SSSR count). The van der Waals surface area contributed by atoms with Crippen molar-refractivity contribution in [2.45, 2.75) is 39.2 Å². The number of aryl methyl sites for hydroxylation is 1. The van der Waals surface area contributed by atoms with Crippen LogP contribution in [0.4, 0.5) is 4.39 Å². The molecule has 0 aliphatic rings. The summed E-state index contributed by atoms with van der Waals surface area (Å²) >= 11 is 0. The Labute approximate surface area is 103 Å². The van der Waals surface area contributed by atoms with Gasteiger partial charge in [-0.05, 0) is 49.6 Å². The van der Waals surface area contributed by atoms with Crippen LogP contribution >= 0.6 is 0 Å². The Hall–Kier alpha value is -1.33. The minimum atomic E-state index is -0.186. The molecule has 17 heavy (non-hydrogen) atoms. The second-order valence-corrected chi connectivity index (χ2v) is 4.25. The van der Waals surface area contributed by atoms with Crippen molar-refractivity contribution >= 4 is 0 Å². The van der Waals surface area contributed by atoms with E-state index >= 15 is 0 Å². The topological polar surface area (TPSA) is 12.0 Å². The van der Waals surface area contributed by atoms with Crippen LogP contribution in [0.2, 0.25) is 0 Å². The lowest BCUT2D eigenvalue weighted by Gasteiger charge is -2.20. The van der Waals surface area contributed by atoms with E-state index in [0.29, 0.717) is 6.42 Å². The minimum Gasteiger partial charge on any atom is -0.310 e. The number of nitrogens with one attached hydrogen (secondary N) is 1. The van der Waals surface area contributed by atoms with Crippen LogP contribution < -0.4 is 5.32 Å². The van der Waals surface area contributed by atoms with Crippen molar-refractivity contribution in [3.05, 3.63) is 35.1 Å². The zero-order valence-electron chi connectivity index (χ0n) is 10.6. The first-order valence-corrected chi connectivity index (χ1v) is 6.12. The van der Waals surface area contributed by atoms with Gasteiger partial charge in [0.2, 0.25) is 0 Å². The van der Waals surface area contributed by atoms with Crippen molar-refractivity contribution in [1.29, 1.82) is 0 Å². The molecule has 0 aliphatic heterocycles. The standard InChI is InChI=1S/C15H20FN/c1-4-6-7-15(17-10-5-2)14-11-13(16)9-8-12(14)3/h1,8-9,11,15,17H,5-7,10H2,2-3H3. The lowest BCUT2D eigenvalue weighted by Crippen LogP contribution is -2.23. The molecule has 2 heteroatoms. The van der Waals surface area contributed by atoms with Crippen molar-refractivity contribution in [3.63, 3.8) is 0 Å². The lowest BCUT2D eigenvalue weighted by molar-refractivity contribution is 0.499. The first-order chi connectivity index (χ1) is 8.19. The molecular weight excluding hydrogens is 213 g/mol. The summed E-state index contributed by atoms with van der Waals surface area (Å²) in [6.45, 7) is 5.04. The fraction of sp³-hybridized carbons (Fsp3) is 0.467. The van der Waals surface area contributed by atoms with Gasteiger partial charge in [-0.1, -0.05) is 13.0 Å². The fourth-order valence-corrected chi connectivity index (χ4v) is 1.90. The van der Waals surface area contributed by atoms with Gasteiger partial charge < -0.3 is 5.32 Å². The second-order valence-electron chi connectivity index (χ2n) is 4.25. The highest BCUT2D eigenvalue weighted by molar-refractivity contribution is 5.29. The third-order valence-corrected chi connectivity index (χ3v) is 2.83. The van der Waals surface area contributed by atoms with Gasteiger partial charge in [-0.2, -0.15) is 0 Å². The number of hydrogen-bond donors (Lipinski definition) is 1.